The first-order valence-electron chi connectivity index (χ1n) is 11.8. The minimum absolute atomic E-state index is 0.0190. The van der Waals surface area contributed by atoms with Crippen molar-refractivity contribution >= 4 is 27.5 Å². The minimum Gasteiger partial charge on any atom is -0.340 e. The van der Waals surface area contributed by atoms with Crippen molar-refractivity contribution in [1.82, 2.24) is 19.8 Å². The lowest BCUT2D eigenvalue weighted by molar-refractivity contribution is -0.140. The van der Waals surface area contributed by atoms with Crippen LogP contribution in [0.2, 0.25) is 0 Å². The fraction of sp³-hybridized carbons (Fsp3) is 0.708. The first-order chi connectivity index (χ1) is 14.8. The average Bonchev–Trinajstić information content (AvgIpc) is 3.04. The summed E-state index contributed by atoms with van der Waals surface area (Å²) in [6.45, 7) is 10.8. The molecule has 0 bridgehead atoms. The summed E-state index contributed by atoms with van der Waals surface area (Å²) < 4.78 is 0. The Balaban J connectivity index is 1.28. The number of fused-ring (bicyclic) bond motifs is 3. The van der Waals surface area contributed by atoms with Crippen molar-refractivity contribution in [3.63, 3.8) is 0 Å². The number of nitrogens with one attached hydrogen (secondary N) is 1. The second kappa shape index (κ2) is 8.00. The molecule has 0 spiro atoms. The van der Waals surface area contributed by atoms with Gasteiger partial charge in [0.25, 0.3) is 5.56 Å². The van der Waals surface area contributed by atoms with Crippen molar-refractivity contribution < 1.29 is 4.79 Å². The molecule has 0 radical (unpaired) electrons. The monoisotopic (exact) mass is 442 g/mol. The van der Waals surface area contributed by atoms with Gasteiger partial charge in [0.05, 0.1) is 11.9 Å². The number of aryl methyl sites for hydroxylation is 1. The molecule has 7 heteroatoms. The molecule has 31 heavy (non-hydrogen) atoms. The van der Waals surface area contributed by atoms with Gasteiger partial charge < -0.3 is 9.88 Å². The maximum absolute atomic E-state index is 12.9. The van der Waals surface area contributed by atoms with Crippen LogP contribution >= 0.6 is 11.3 Å². The number of carbonyl (C=O) groups excluding carboxylic acids is 1. The van der Waals surface area contributed by atoms with Gasteiger partial charge in [-0.2, -0.15) is 0 Å². The number of hydrogen-bond acceptors (Lipinski definition) is 5. The van der Waals surface area contributed by atoms with Crippen molar-refractivity contribution in [2.75, 3.05) is 26.2 Å². The molecule has 3 aliphatic rings. The topological polar surface area (TPSA) is 69.3 Å². The van der Waals surface area contributed by atoms with Crippen molar-refractivity contribution in [3.05, 3.63) is 26.6 Å². The summed E-state index contributed by atoms with van der Waals surface area (Å²) in [5.41, 5.74) is 1.55. The Labute approximate surface area is 188 Å². The summed E-state index contributed by atoms with van der Waals surface area (Å²) in [4.78, 5) is 39.9. The third-order valence-electron chi connectivity index (χ3n) is 7.70. The van der Waals surface area contributed by atoms with Gasteiger partial charge >= 0.3 is 0 Å². The van der Waals surface area contributed by atoms with Crippen LogP contribution in [0.5, 0.6) is 0 Å². The highest BCUT2D eigenvalue weighted by atomic mass is 32.1. The van der Waals surface area contributed by atoms with Crippen LogP contribution in [0.15, 0.2) is 4.79 Å². The zero-order chi connectivity index (χ0) is 21.8. The van der Waals surface area contributed by atoms with Crippen LogP contribution in [0.25, 0.3) is 10.2 Å². The number of aromatic nitrogens is 2. The van der Waals surface area contributed by atoms with Crippen molar-refractivity contribution in [3.8, 4) is 0 Å². The number of aromatic amines is 1. The number of piperazine rings is 1. The molecule has 1 saturated carbocycles. The van der Waals surface area contributed by atoms with Gasteiger partial charge in [0.1, 0.15) is 10.7 Å². The molecule has 1 atom stereocenters. The van der Waals surface area contributed by atoms with Gasteiger partial charge in [-0.1, -0.05) is 27.2 Å². The van der Waals surface area contributed by atoms with E-state index in [1.165, 1.54) is 16.9 Å². The molecule has 0 aromatic carbocycles. The van der Waals surface area contributed by atoms with E-state index < -0.39 is 0 Å². The maximum Gasteiger partial charge on any atom is 0.259 e. The third-order valence-corrected chi connectivity index (χ3v) is 8.85. The van der Waals surface area contributed by atoms with E-state index in [0.717, 1.165) is 74.3 Å². The number of carbonyl (C=O) groups is 1. The lowest BCUT2D eigenvalue weighted by atomic mass is 9.72. The minimum atomic E-state index is 0.0190. The number of amides is 1. The van der Waals surface area contributed by atoms with Crippen LogP contribution in [0.4, 0.5) is 0 Å². The molecular formula is C24H34N4O2S. The number of H-pyrrole nitrogens is 1. The normalized spacial score (nSPS) is 23.1. The van der Waals surface area contributed by atoms with Gasteiger partial charge in [-0.15, -0.1) is 11.3 Å². The van der Waals surface area contributed by atoms with Crippen molar-refractivity contribution in [2.45, 2.75) is 65.8 Å². The molecule has 1 saturated heterocycles. The summed E-state index contributed by atoms with van der Waals surface area (Å²) in [7, 11) is 0. The largest absolute Gasteiger partial charge is 0.340 e. The van der Waals surface area contributed by atoms with E-state index in [-0.39, 0.29) is 11.5 Å². The summed E-state index contributed by atoms with van der Waals surface area (Å²) >= 11 is 1.72. The molecule has 1 aliphatic heterocycles. The van der Waals surface area contributed by atoms with Crippen molar-refractivity contribution in [2.24, 2.45) is 17.3 Å². The van der Waals surface area contributed by atoms with E-state index >= 15 is 0 Å². The summed E-state index contributed by atoms with van der Waals surface area (Å²) in [5.74, 6) is 2.03. The Kier molecular flexibility index (Phi) is 5.45. The highest BCUT2D eigenvalue weighted by Crippen LogP contribution is 2.42. The van der Waals surface area contributed by atoms with Crippen LogP contribution in [0, 0.1) is 17.3 Å². The molecule has 1 N–H and O–H groups in total. The average molecular weight is 443 g/mol. The highest BCUT2D eigenvalue weighted by molar-refractivity contribution is 7.18. The van der Waals surface area contributed by atoms with Gasteiger partial charge in [-0.25, -0.2) is 4.98 Å². The Morgan fingerprint density at radius 2 is 1.90 bits per heavy atom. The summed E-state index contributed by atoms with van der Waals surface area (Å²) in [6, 6.07) is 0. The van der Waals surface area contributed by atoms with Crippen LogP contribution in [0.3, 0.4) is 0 Å². The molecule has 5 rings (SSSR count). The van der Waals surface area contributed by atoms with Crippen LogP contribution in [0.1, 0.15) is 62.7 Å². The number of nitrogens with zero attached hydrogens (tertiary/aromatic N) is 3. The first kappa shape index (κ1) is 21.1. The first-order valence-corrected chi connectivity index (χ1v) is 12.7. The number of thiophene rings is 1. The van der Waals surface area contributed by atoms with Gasteiger partial charge in [-0.3, -0.25) is 14.5 Å². The van der Waals surface area contributed by atoms with E-state index in [9.17, 15) is 9.59 Å². The Morgan fingerprint density at radius 1 is 1.16 bits per heavy atom. The van der Waals surface area contributed by atoms with Crippen LogP contribution in [-0.2, 0) is 24.2 Å². The fourth-order valence-corrected chi connectivity index (χ4v) is 6.61. The van der Waals surface area contributed by atoms with Gasteiger partial charge in [0.2, 0.25) is 5.91 Å². The highest BCUT2D eigenvalue weighted by Gasteiger charge is 2.33. The lowest BCUT2D eigenvalue weighted by Crippen LogP contribution is -2.50. The smallest absolute Gasteiger partial charge is 0.259 e. The Bertz CT molecular complexity index is 1040. The molecular weight excluding hydrogens is 408 g/mol. The second-order valence-electron chi connectivity index (χ2n) is 10.7. The van der Waals surface area contributed by atoms with Crippen molar-refractivity contribution in [1.29, 1.82) is 0 Å². The van der Waals surface area contributed by atoms with E-state index in [4.69, 9.17) is 4.98 Å². The van der Waals surface area contributed by atoms with E-state index in [2.05, 4.69) is 30.7 Å². The molecule has 1 amide bonds. The molecule has 168 valence electrons. The second-order valence-corrected chi connectivity index (χ2v) is 11.8. The predicted octanol–water partition coefficient (Wildman–Crippen LogP) is 3.58. The van der Waals surface area contributed by atoms with Gasteiger partial charge in [-0.05, 0) is 49.0 Å². The zero-order valence-corrected chi connectivity index (χ0v) is 19.8. The summed E-state index contributed by atoms with van der Waals surface area (Å²) in [6.07, 6.45) is 6.51. The van der Waals surface area contributed by atoms with Crippen LogP contribution in [-0.4, -0.2) is 51.9 Å². The fourth-order valence-electron chi connectivity index (χ4n) is 5.29. The summed E-state index contributed by atoms with van der Waals surface area (Å²) in [5, 5.41) is 0.826. The van der Waals surface area contributed by atoms with E-state index in [0.29, 0.717) is 23.8 Å². The van der Waals surface area contributed by atoms with Crippen LogP contribution < -0.4 is 5.56 Å². The maximum atomic E-state index is 12.9. The molecule has 2 aliphatic carbocycles. The number of rotatable bonds is 3. The van der Waals surface area contributed by atoms with Gasteiger partial charge in [0.15, 0.2) is 0 Å². The molecule has 0 unspecified atom stereocenters. The molecule has 3 heterocycles. The predicted molar refractivity (Wildman–Crippen MR) is 124 cm³/mol. The SMILES string of the molecule is CC(C)(C)[C@@H]1CCc2c(sc3nc(CN4CCN(C(=O)C5CCC5)CC4)[nH]c(=O)c23)C1. The van der Waals surface area contributed by atoms with E-state index in [1.54, 1.807) is 11.3 Å². The molecule has 2 fully saturated rings. The lowest BCUT2D eigenvalue weighted by Gasteiger charge is -2.38. The standard InChI is InChI=1S/C24H34N4O2S/c1-24(2,3)16-7-8-17-18(13-16)31-22-20(17)21(29)25-19(26-22)14-27-9-11-28(12-10-27)23(30)15-5-4-6-15/h15-16H,4-14H2,1-3H3,(H,25,26,29)/t16-/m1/s1. The van der Waals surface area contributed by atoms with E-state index in [1.807, 2.05) is 4.90 Å². The Morgan fingerprint density at radius 3 is 2.55 bits per heavy atom. The third kappa shape index (κ3) is 4.07. The van der Waals surface area contributed by atoms with Gasteiger partial charge in [0, 0.05) is 37.0 Å². The number of hydrogen-bond donors (Lipinski definition) is 1. The molecule has 6 nitrogen and oxygen atoms in total. The Hall–Kier alpha value is -1.73. The molecule has 2 aromatic rings. The quantitative estimate of drug-likeness (QED) is 0.789. The molecule has 2 aromatic heterocycles. The zero-order valence-electron chi connectivity index (χ0n) is 19.0.